The van der Waals surface area contributed by atoms with Crippen LogP contribution in [0.3, 0.4) is 0 Å². The molecule has 0 aromatic carbocycles. The van der Waals surface area contributed by atoms with E-state index in [2.05, 4.69) is 0 Å². The average Bonchev–Trinajstić information content (AvgIpc) is 2.35. The van der Waals surface area contributed by atoms with Gasteiger partial charge in [0.05, 0.1) is 5.92 Å². The number of rotatable bonds is 4. The largest absolute Gasteiger partial charge is 0.382 e. The number of unbranched alkanes of at least 4 members (excludes halogenated alkanes) is 2. The molecule has 0 radical (unpaired) electrons. The molecule has 0 spiro atoms. The zero-order valence-electron chi connectivity index (χ0n) is 8.27. The van der Waals surface area contributed by atoms with Gasteiger partial charge in [0.25, 0.3) is 0 Å². The van der Waals surface area contributed by atoms with Crippen LogP contribution in [-0.2, 0) is 9.59 Å². The van der Waals surface area contributed by atoms with E-state index in [0.717, 1.165) is 19.3 Å². The van der Waals surface area contributed by atoms with Crippen LogP contribution < -0.4 is 0 Å². The summed E-state index contributed by atoms with van der Waals surface area (Å²) in [4.78, 5) is 22.6. The normalized spacial score (nSPS) is 32.6. The zero-order valence-corrected chi connectivity index (χ0v) is 8.27. The van der Waals surface area contributed by atoms with Gasteiger partial charge in [-0.3, -0.25) is 9.59 Å². The Morgan fingerprint density at radius 3 is 2.00 bits per heavy atom. The van der Waals surface area contributed by atoms with Crippen molar-refractivity contribution in [1.82, 2.24) is 0 Å². The van der Waals surface area contributed by atoms with Crippen LogP contribution in [0.5, 0.6) is 0 Å². The molecule has 1 fully saturated rings. The predicted octanol–water partition coefficient (Wildman–Crippen LogP) is 0.0565. The Hall–Kier alpha value is -0.740. The van der Waals surface area contributed by atoms with E-state index in [1.807, 2.05) is 6.92 Å². The molecule has 0 amide bonds. The molecule has 0 saturated heterocycles. The summed E-state index contributed by atoms with van der Waals surface area (Å²) in [5, 5.41) is 18.3. The first-order chi connectivity index (χ1) is 6.59. The highest BCUT2D eigenvalue weighted by Gasteiger charge is 2.47. The van der Waals surface area contributed by atoms with Crippen molar-refractivity contribution in [3.05, 3.63) is 0 Å². The van der Waals surface area contributed by atoms with Crippen LogP contribution in [0, 0.1) is 5.92 Å². The fourth-order valence-electron chi connectivity index (χ4n) is 1.75. The molecule has 2 unspecified atom stereocenters. The molecule has 2 N–H and O–H groups in total. The lowest BCUT2D eigenvalue weighted by Crippen LogP contribution is -2.27. The summed E-state index contributed by atoms with van der Waals surface area (Å²) in [5.41, 5.74) is 0. The first kappa shape index (κ1) is 11.3. The summed E-state index contributed by atoms with van der Waals surface area (Å²) in [6.45, 7) is 2.03. The van der Waals surface area contributed by atoms with E-state index in [1.165, 1.54) is 0 Å². The van der Waals surface area contributed by atoms with Crippen molar-refractivity contribution in [2.24, 2.45) is 5.92 Å². The van der Waals surface area contributed by atoms with Crippen LogP contribution in [0.1, 0.15) is 32.6 Å². The van der Waals surface area contributed by atoms with Crippen molar-refractivity contribution in [3.8, 4) is 0 Å². The minimum atomic E-state index is -1.49. The number of carbonyl (C=O) groups is 2. The molecule has 0 heterocycles. The Morgan fingerprint density at radius 1 is 1.07 bits per heavy atom. The van der Waals surface area contributed by atoms with Gasteiger partial charge in [-0.15, -0.1) is 0 Å². The van der Waals surface area contributed by atoms with Gasteiger partial charge in [0.15, 0.2) is 11.6 Å². The van der Waals surface area contributed by atoms with Crippen LogP contribution in [0.2, 0.25) is 0 Å². The highest BCUT2D eigenvalue weighted by molar-refractivity contribution is 6.13. The first-order valence-corrected chi connectivity index (χ1v) is 5.03. The lowest BCUT2D eigenvalue weighted by molar-refractivity contribution is -0.130. The Morgan fingerprint density at radius 2 is 1.57 bits per heavy atom. The van der Waals surface area contributed by atoms with Crippen LogP contribution in [0.25, 0.3) is 0 Å². The lowest BCUT2D eigenvalue weighted by Gasteiger charge is -2.04. The highest BCUT2D eigenvalue weighted by atomic mass is 16.3. The topological polar surface area (TPSA) is 74.6 Å². The van der Waals surface area contributed by atoms with Gasteiger partial charge in [0, 0.05) is 0 Å². The molecule has 0 aliphatic heterocycles. The maximum absolute atomic E-state index is 11.3. The van der Waals surface area contributed by atoms with E-state index in [4.69, 9.17) is 10.2 Å². The smallest absolute Gasteiger partial charge is 0.174 e. The summed E-state index contributed by atoms with van der Waals surface area (Å²) < 4.78 is 0. The summed E-state index contributed by atoms with van der Waals surface area (Å²) in [5.74, 6) is -1.80. The number of aliphatic hydroxyl groups excluding tert-OH is 2. The molecule has 4 heteroatoms. The van der Waals surface area contributed by atoms with Crippen molar-refractivity contribution in [2.45, 2.75) is 44.8 Å². The van der Waals surface area contributed by atoms with Crippen LogP contribution >= 0.6 is 0 Å². The molecular weight excluding hydrogens is 184 g/mol. The molecular formula is C10H16O4. The van der Waals surface area contributed by atoms with Gasteiger partial charge in [-0.25, -0.2) is 0 Å². The van der Waals surface area contributed by atoms with Gasteiger partial charge in [-0.05, 0) is 6.42 Å². The average molecular weight is 200 g/mol. The van der Waals surface area contributed by atoms with Crippen molar-refractivity contribution >= 4 is 11.6 Å². The maximum atomic E-state index is 11.3. The number of hydrogen-bond donors (Lipinski definition) is 2. The molecule has 1 rings (SSSR count). The number of aliphatic hydroxyl groups is 2. The van der Waals surface area contributed by atoms with E-state index in [0.29, 0.717) is 6.42 Å². The molecule has 14 heavy (non-hydrogen) atoms. The van der Waals surface area contributed by atoms with E-state index in [9.17, 15) is 9.59 Å². The standard InChI is InChI=1S/C10H16O4/c1-2-3-4-5-6-7(11)9(13)10(14)8(6)12/h6,9-10,13-14H,2-5H2,1H3. The van der Waals surface area contributed by atoms with E-state index in [1.54, 1.807) is 0 Å². The van der Waals surface area contributed by atoms with E-state index >= 15 is 0 Å². The Kier molecular flexibility index (Phi) is 3.77. The van der Waals surface area contributed by atoms with E-state index < -0.39 is 29.7 Å². The van der Waals surface area contributed by atoms with Gasteiger partial charge in [0.2, 0.25) is 0 Å². The molecule has 0 aromatic rings. The zero-order chi connectivity index (χ0) is 10.7. The van der Waals surface area contributed by atoms with Gasteiger partial charge >= 0.3 is 0 Å². The Labute approximate surface area is 82.9 Å². The molecule has 4 nitrogen and oxygen atoms in total. The third-order valence-electron chi connectivity index (χ3n) is 2.67. The van der Waals surface area contributed by atoms with E-state index in [-0.39, 0.29) is 0 Å². The van der Waals surface area contributed by atoms with Gasteiger partial charge in [-0.2, -0.15) is 0 Å². The van der Waals surface area contributed by atoms with Crippen molar-refractivity contribution in [2.75, 3.05) is 0 Å². The number of ketones is 2. The quantitative estimate of drug-likeness (QED) is 0.497. The van der Waals surface area contributed by atoms with Crippen molar-refractivity contribution in [3.63, 3.8) is 0 Å². The Bertz CT molecular complexity index is 216. The number of Topliss-reactive ketones (excluding diaryl/α,β-unsaturated/α-hetero) is 2. The molecule has 0 bridgehead atoms. The van der Waals surface area contributed by atoms with Gasteiger partial charge < -0.3 is 10.2 Å². The first-order valence-electron chi connectivity index (χ1n) is 5.03. The molecule has 0 aromatic heterocycles. The maximum Gasteiger partial charge on any atom is 0.174 e. The molecule has 80 valence electrons. The van der Waals surface area contributed by atoms with Crippen LogP contribution in [0.15, 0.2) is 0 Å². The predicted molar refractivity (Wildman–Crippen MR) is 49.7 cm³/mol. The molecule has 1 saturated carbocycles. The molecule has 1 aliphatic carbocycles. The number of hydrogen-bond acceptors (Lipinski definition) is 4. The third-order valence-corrected chi connectivity index (χ3v) is 2.67. The summed E-state index contributed by atoms with van der Waals surface area (Å²) in [6, 6.07) is 0. The van der Waals surface area contributed by atoms with Gasteiger partial charge in [-0.1, -0.05) is 26.2 Å². The second kappa shape index (κ2) is 4.66. The summed E-state index contributed by atoms with van der Waals surface area (Å²) >= 11 is 0. The fourth-order valence-corrected chi connectivity index (χ4v) is 1.75. The number of carbonyl (C=O) groups excluding carboxylic acids is 2. The second-order valence-corrected chi connectivity index (χ2v) is 3.74. The molecule has 1 aliphatic rings. The van der Waals surface area contributed by atoms with Crippen LogP contribution in [-0.4, -0.2) is 34.0 Å². The Balaban J connectivity index is 2.52. The monoisotopic (exact) mass is 200 g/mol. The fraction of sp³-hybridized carbons (Fsp3) is 0.800. The van der Waals surface area contributed by atoms with Crippen LogP contribution in [0.4, 0.5) is 0 Å². The molecule has 2 atom stereocenters. The van der Waals surface area contributed by atoms with Crippen molar-refractivity contribution in [1.29, 1.82) is 0 Å². The second-order valence-electron chi connectivity index (χ2n) is 3.74. The highest BCUT2D eigenvalue weighted by Crippen LogP contribution is 2.24. The summed E-state index contributed by atoms with van der Waals surface area (Å²) in [6.07, 6.45) is 0.240. The van der Waals surface area contributed by atoms with Crippen molar-refractivity contribution < 1.29 is 19.8 Å². The minimum absolute atomic E-state index is 0.458. The lowest BCUT2D eigenvalue weighted by atomic mass is 9.98. The SMILES string of the molecule is CCCCCC1C(=O)C(O)C(O)C1=O. The summed E-state index contributed by atoms with van der Waals surface area (Å²) in [7, 11) is 0. The third kappa shape index (κ3) is 2.01. The minimum Gasteiger partial charge on any atom is -0.382 e. The van der Waals surface area contributed by atoms with Gasteiger partial charge in [0.1, 0.15) is 12.2 Å².